The molecule has 0 aliphatic rings. The summed E-state index contributed by atoms with van der Waals surface area (Å²) < 4.78 is 10.7. The van der Waals surface area contributed by atoms with Gasteiger partial charge in [-0.25, -0.2) is 0 Å². The summed E-state index contributed by atoms with van der Waals surface area (Å²) in [5, 5.41) is 0.978. The van der Waals surface area contributed by atoms with Gasteiger partial charge in [0.2, 0.25) is 0 Å². The summed E-state index contributed by atoms with van der Waals surface area (Å²) in [4.78, 5) is 18.5. The Morgan fingerprint density at radius 3 is 2.52 bits per heavy atom. The first-order chi connectivity index (χ1) is 13.0. The van der Waals surface area contributed by atoms with Gasteiger partial charge in [0.25, 0.3) is 0 Å². The number of H-pyrrole nitrogens is 1. The molecular weight excluding hydrogens is 340 g/mol. The number of nitrogens with zero attached hydrogens (tertiary/aromatic N) is 1. The van der Waals surface area contributed by atoms with Gasteiger partial charge in [0.1, 0.15) is 0 Å². The molecule has 1 N–H and O–H groups in total. The minimum atomic E-state index is -0.254. The van der Waals surface area contributed by atoms with Gasteiger partial charge in [-0.15, -0.1) is 0 Å². The summed E-state index contributed by atoms with van der Waals surface area (Å²) in [5.41, 5.74) is 3.74. The van der Waals surface area contributed by atoms with Crippen LogP contribution < -0.4 is 9.47 Å². The molecule has 0 spiro atoms. The fraction of sp³-hybridized carbons (Fsp3) is 0.318. The minimum absolute atomic E-state index is 0.118. The number of carbonyl (C=O) groups excluding carboxylic acids is 1. The number of aromatic amines is 1. The van der Waals surface area contributed by atoms with Crippen molar-refractivity contribution >= 4 is 16.7 Å². The molecule has 0 bridgehead atoms. The molecule has 0 amide bonds. The number of hydrogen-bond donors (Lipinski definition) is 1. The molecule has 0 aliphatic heterocycles. The Morgan fingerprint density at radius 2 is 1.81 bits per heavy atom. The number of hydrogen-bond acceptors (Lipinski definition) is 4. The lowest BCUT2D eigenvalue weighted by molar-refractivity contribution is 0.0863. The molecule has 0 saturated heterocycles. The lowest BCUT2D eigenvalue weighted by Crippen LogP contribution is -2.35. The number of para-hydroxylation sites is 1. The second-order valence-electron chi connectivity index (χ2n) is 6.82. The van der Waals surface area contributed by atoms with Crippen molar-refractivity contribution in [2.45, 2.75) is 26.4 Å². The van der Waals surface area contributed by atoms with E-state index < -0.39 is 0 Å². The Balaban J connectivity index is 1.81. The van der Waals surface area contributed by atoms with E-state index in [1.165, 1.54) is 0 Å². The van der Waals surface area contributed by atoms with Crippen LogP contribution in [0, 0.1) is 6.92 Å². The van der Waals surface area contributed by atoms with Crippen LogP contribution >= 0.6 is 0 Å². The summed E-state index contributed by atoms with van der Waals surface area (Å²) in [6.07, 6.45) is 0. The number of methoxy groups -OCH3 is 2. The zero-order valence-electron chi connectivity index (χ0n) is 16.5. The number of carbonyl (C=O) groups is 1. The molecule has 3 rings (SSSR count). The summed E-state index contributed by atoms with van der Waals surface area (Å²) in [7, 11) is 5.20. The van der Waals surface area contributed by atoms with Crippen molar-refractivity contribution in [1.29, 1.82) is 0 Å². The van der Waals surface area contributed by atoms with Gasteiger partial charge in [-0.2, -0.15) is 0 Å². The fourth-order valence-corrected chi connectivity index (χ4v) is 3.41. The van der Waals surface area contributed by atoms with E-state index in [2.05, 4.69) is 4.98 Å². The largest absolute Gasteiger partial charge is 0.493 e. The highest BCUT2D eigenvalue weighted by Crippen LogP contribution is 2.29. The van der Waals surface area contributed by atoms with Crippen LogP contribution in [0.2, 0.25) is 0 Å². The van der Waals surface area contributed by atoms with E-state index in [1.807, 2.05) is 68.3 Å². The molecule has 0 aliphatic carbocycles. The zero-order valence-corrected chi connectivity index (χ0v) is 16.5. The third-order valence-corrected chi connectivity index (χ3v) is 5.06. The summed E-state index contributed by atoms with van der Waals surface area (Å²) in [6, 6.07) is 13.5. The van der Waals surface area contributed by atoms with E-state index in [1.54, 1.807) is 14.2 Å². The quantitative estimate of drug-likeness (QED) is 0.637. The van der Waals surface area contributed by atoms with Crippen LogP contribution in [0.5, 0.6) is 11.5 Å². The third kappa shape index (κ3) is 3.69. The van der Waals surface area contributed by atoms with Crippen LogP contribution in [0.4, 0.5) is 0 Å². The number of likely N-dealkylation sites (N-methyl/N-ethyl adjacent to an activating group) is 1. The monoisotopic (exact) mass is 366 g/mol. The topological polar surface area (TPSA) is 54.6 Å². The first-order valence-corrected chi connectivity index (χ1v) is 8.99. The van der Waals surface area contributed by atoms with E-state index in [-0.39, 0.29) is 11.8 Å². The summed E-state index contributed by atoms with van der Waals surface area (Å²) in [5.74, 6) is 1.50. The zero-order chi connectivity index (χ0) is 19.6. The van der Waals surface area contributed by atoms with E-state index in [0.29, 0.717) is 18.0 Å². The van der Waals surface area contributed by atoms with Gasteiger partial charge in [0.15, 0.2) is 17.3 Å². The van der Waals surface area contributed by atoms with Gasteiger partial charge >= 0.3 is 0 Å². The maximum absolute atomic E-state index is 13.2. The molecule has 0 saturated carbocycles. The predicted octanol–water partition coefficient (Wildman–Crippen LogP) is 4.20. The number of nitrogens with one attached hydrogen (secondary N) is 1. The van der Waals surface area contributed by atoms with E-state index in [0.717, 1.165) is 27.7 Å². The van der Waals surface area contributed by atoms with Crippen molar-refractivity contribution in [2.24, 2.45) is 0 Å². The number of Topliss-reactive ketones (excluding diaryl/α,β-unsaturated/α-hetero) is 1. The number of rotatable bonds is 7. The molecule has 3 aromatic rings. The Kier molecular flexibility index (Phi) is 5.51. The predicted molar refractivity (Wildman–Crippen MR) is 108 cm³/mol. The molecule has 0 unspecified atom stereocenters. The van der Waals surface area contributed by atoms with Crippen molar-refractivity contribution in [3.63, 3.8) is 0 Å². The highest BCUT2D eigenvalue weighted by Gasteiger charge is 2.24. The molecule has 5 nitrogen and oxygen atoms in total. The Hall–Kier alpha value is -2.79. The van der Waals surface area contributed by atoms with Crippen molar-refractivity contribution in [1.82, 2.24) is 9.88 Å². The number of fused-ring (bicyclic) bond motifs is 1. The maximum atomic E-state index is 13.2. The molecule has 5 heteroatoms. The Labute approximate surface area is 159 Å². The lowest BCUT2D eigenvalue weighted by atomic mass is 10.0. The SMILES string of the molecule is COc1ccc(CN(C)[C@H](C)C(=O)c2c(C)[nH]c3ccccc23)cc1OC. The van der Waals surface area contributed by atoms with Gasteiger partial charge < -0.3 is 14.5 Å². The highest BCUT2D eigenvalue weighted by atomic mass is 16.5. The second-order valence-corrected chi connectivity index (χ2v) is 6.82. The van der Waals surface area contributed by atoms with Gasteiger partial charge in [-0.05, 0) is 44.7 Å². The standard InChI is InChI=1S/C22H26N2O3/c1-14-21(17-8-6-7-9-18(17)23-14)22(25)15(2)24(3)13-16-10-11-19(26-4)20(12-16)27-5/h6-12,15,23H,13H2,1-5H3/t15-/m1/s1. The van der Waals surface area contributed by atoms with Crippen LogP contribution in [0.1, 0.15) is 28.5 Å². The van der Waals surface area contributed by atoms with Crippen molar-refractivity contribution in [3.05, 3.63) is 59.3 Å². The first-order valence-electron chi connectivity index (χ1n) is 8.99. The number of ether oxygens (including phenoxy) is 2. The molecule has 142 valence electrons. The molecule has 0 fully saturated rings. The average Bonchev–Trinajstić information content (AvgIpc) is 3.02. The summed E-state index contributed by atoms with van der Waals surface area (Å²) in [6.45, 7) is 4.53. The second kappa shape index (κ2) is 7.84. The third-order valence-electron chi connectivity index (χ3n) is 5.06. The Morgan fingerprint density at radius 1 is 1.11 bits per heavy atom. The van der Waals surface area contributed by atoms with E-state index in [9.17, 15) is 4.79 Å². The maximum Gasteiger partial charge on any atom is 0.182 e. The van der Waals surface area contributed by atoms with Crippen LogP contribution in [0.15, 0.2) is 42.5 Å². The highest BCUT2D eigenvalue weighted by molar-refractivity contribution is 6.11. The minimum Gasteiger partial charge on any atom is -0.493 e. The molecule has 27 heavy (non-hydrogen) atoms. The van der Waals surface area contributed by atoms with E-state index in [4.69, 9.17) is 9.47 Å². The van der Waals surface area contributed by atoms with Crippen LogP contribution in [-0.2, 0) is 6.54 Å². The van der Waals surface area contributed by atoms with Gasteiger partial charge in [0.05, 0.1) is 20.3 Å². The number of aryl methyl sites for hydroxylation is 1. The van der Waals surface area contributed by atoms with Gasteiger partial charge in [-0.3, -0.25) is 9.69 Å². The smallest absolute Gasteiger partial charge is 0.182 e. The number of ketones is 1. The molecule has 2 aromatic carbocycles. The molecule has 1 aromatic heterocycles. The molecule has 1 atom stereocenters. The van der Waals surface area contributed by atoms with E-state index >= 15 is 0 Å². The Bertz CT molecular complexity index is 961. The number of benzene rings is 2. The van der Waals surface area contributed by atoms with Crippen molar-refractivity contribution in [3.8, 4) is 11.5 Å². The fourth-order valence-electron chi connectivity index (χ4n) is 3.41. The molecule has 0 radical (unpaired) electrons. The first kappa shape index (κ1) is 19.0. The van der Waals surface area contributed by atoms with Gasteiger partial charge in [-0.1, -0.05) is 24.3 Å². The average molecular weight is 366 g/mol. The lowest BCUT2D eigenvalue weighted by Gasteiger charge is -2.24. The summed E-state index contributed by atoms with van der Waals surface area (Å²) >= 11 is 0. The van der Waals surface area contributed by atoms with Crippen molar-refractivity contribution in [2.75, 3.05) is 21.3 Å². The molecule has 1 heterocycles. The molecular formula is C22H26N2O3. The van der Waals surface area contributed by atoms with Crippen LogP contribution in [0.25, 0.3) is 10.9 Å². The number of aromatic nitrogens is 1. The van der Waals surface area contributed by atoms with Crippen LogP contribution in [0.3, 0.4) is 0 Å². The van der Waals surface area contributed by atoms with Crippen LogP contribution in [-0.4, -0.2) is 43.0 Å². The van der Waals surface area contributed by atoms with Crippen molar-refractivity contribution < 1.29 is 14.3 Å². The normalized spacial score (nSPS) is 12.4. The van der Waals surface area contributed by atoms with Gasteiger partial charge in [0, 0.05) is 28.7 Å².